The van der Waals surface area contributed by atoms with Crippen molar-refractivity contribution in [1.29, 1.82) is 0 Å². The molecule has 1 amide bonds. The summed E-state index contributed by atoms with van der Waals surface area (Å²) in [7, 11) is 0. The fraction of sp³-hybridized carbons (Fsp3) is 0.0741. The third-order valence-corrected chi connectivity index (χ3v) is 6.44. The van der Waals surface area contributed by atoms with E-state index < -0.39 is 0 Å². The molecule has 2 N–H and O–H groups in total. The second kappa shape index (κ2) is 9.80. The second-order valence-corrected chi connectivity index (χ2v) is 8.70. The molecular formula is C27H22N4O2S. The van der Waals surface area contributed by atoms with Crippen LogP contribution in [0.5, 0.6) is 5.75 Å². The van der Waals surface area contributed by atoms with Gasteiger partial charge in [0.25, 0.3) is 5.91 Å². The van der Waals surface area contributed by atoms with Gasteiger partial charge in [0.1, 0.15) is 5.75 Å². The van der Waals surface area contributed by atoms with Crippen LogP contribution in [0.1, 0.15) is 11.1 Å². The van der Waals surface area contributed by atoms with E-state index in [1.807, 2.05) is 72.8 Å². The lowest BCUT2D eigenvalue weighted by Crippen LogP contribution is -2.20. The highest BCUT2D eigenvalue weighted by molar-refractivity contribution is 7.99. The first-order valence-electron chi connectivity index (χ1n) is 10.8. The van der Waals surface area contributed by atoms with Crippen LogP contribution in [-0.2, 0) is 11.3 Å². The number of fused-ring (bicyclic) bond motifs is 2. The van der Waals surface area contributed by atoms with E-state index in [9.17, 15) is 9.90 Å². The number of carbonyl (C=O) groups is 1. The van der Waals surface area contributed by atoms with Crippen molar-refractivity contribution in [1.82, 2.24) is 15.0 Å². The van der Waals surface area contributed by atoms with E-state index >= 15 is 0 Å². The van der Waals surface area contributed by atoms with Crippen LogP contribution >= 0.6 is 11.8 Å². The molecule has 4 aromatic carbocycles. The Morgan fingerprint density at radius 3 is 2.62 bits per heavy atom. The van der Waals surface area contributed by atoms with Crippen LogP contribution in [0.4, 0.5) is 0 Å². The van der Waals surface area contributed by atoms with Crippen molar-refractivity contribution in [2.24, 2.45) is 5.10 Å². The molecule has 34 heavy (non-hydrogen) atoms. The van der Waals surface area contributed by atoms with Crippen molar-refractivity contribution < 1.29 is 9.90 Å². The number of hydrazone groups is 1. The lowest BCUT2D eigenvalue weighted by Gasteiger charge is -2.09. The van der Waals surface area contributed by atoms with Gasteiger partial charge in [-0.25, -0.2) is 10.4 Å². The maximum Gasteiger partial charge on any atom is 0.250 e. The fourth-order valence-electron chi connectivity index (χ4n) is 3.83. The second-order valence-electron chi connectivity index (χ2n) is 7.76. The van der Waals surface area contributed by atoms with Crippen LogP contribution in [0.25, 0.3) is 21.8 Å². The molecule has 0 aliphatic rings. The summed E-state index contributed by atoms with van der Waals surface area (Å²) in [5.74, 6) is 0.0248. The fourth-order valence-corrected chi connectivity index (χ4v) is 4.64. The van der Waals surface area contributed by atoms with E-state index in [2.05, 4.69) is 27.2 Å². The molecule has 5 aromatic rings. The molecule has 0 aliphatic carbocycles. The van der Waals surface area contributed by atoms with Gasteiger partial charge in [0, 0.05) is 5.56 Å². The van der Waals surface area contributed by atoms with Crippen molar-refractivity contribution in [3.8, 4) is 5.75 Å². The summed E-state index contributed by atoms with van der Waals surface area (Å²) in [4.78, 5) is 17.2. The number of para-hydroxylation sites is 2. The third kappa shape index (κ3) is 4.65. The molecular weight excluding hydrogens is 444 g/mol. The minimum atomic E-state index is -0.251. The molecule has 0 radical (unpaired) electrons. The van der Waals surface area contributed by atoms with Gasteiger partial charge in [-0.1, -0.05) is 84.6 Å². The van der Waals surface area contributed by atoms with Crippen LogP contribution in [0.3, 0.4) is 0 Å². The summed E-state index contributed by atoms with van der Waals surface area (Å²) < 4.78 is 2.13. The van der Waals surface area contributed by atoms with E-state index in [1.54, 1.807) is 6.07 Å². The molecule has 0 atom stereocenters. The van der Waals surface area contributed by atoms with E-state index in [4.69, 9.17) is 4.98 Å². The quantitative estimate of drug-likeness (QED) is 0.197. The van der Waals surface area contributed by atoms with Gasteiger partial charge in [-0.3, -0.25) is 4.79 Å². The number of rotatable bonds is 7. The van der Waals surface area contributed by atoms with Crippen molar-refractivity contribution in [3.05, 3.63) is 102 Å². The molecule has 0 saturated carbocycles. The molecule has 168 valence electrons. The van der Waals surface area contributed by atoms with Gasteiger partial charge in [-0.15, -0.1) is 0 Å². The van der Waals surface area contributed by atoms with Gasteiger partial charge in [-0.2, -0.15) is 5.10 Å². The minimum Gasteiger partial charge on any atom is -0.507 e. The summed E-state index contributed by atoms with van der Waals surface area (Å²) in [5, 5.41) is 16.9. The molecule has 1 aromatic heterocycles. The normalized spacial score (nSPS) is 11.4. The Bertz CT molecular complexity index is 1500. The van der Waals surface area contributed by atoms with Gasteiger partial charge in [0.05, 0.1) is 29.5 Å². The van der Waals surface area contributed by atoms with Crippen LogP contribution in [-0.4, -0.2) is 32.5 Å². The largest absolute Gasteiger partial charge is 0.507 e. The average Bonchev–Trinajstić information content (AvgIpc) is 3.22. The summed E-state index contributed by atoms with van der Waals surface area (Å²) in [5.41, 5.74) is 6.21. The Hall–Kier alpha value is -4.10. The van der Waals surface area contributed by atoms with E-state index in [1.165, 1.54) is 18.0 Å². The maximum absolute atomic E-state index is 12.5. The van der Waals surface area contributed by atoms with E-state index in [0.717, 1.165) is 32.5 Å². The number of aromatic hydroxyl groups is 1. The number of imidazole rings is 1. The van der Waals surface area contributed by atoms with E-state index in [0.29, 0.717) is 12.1 Å². The Balaban J connectivity index is 1.29. The Labute approximate surface area is 201 Å². The van der Waals surface area contributed by atoms with Crippen molar-refractivity contribution in [3.63, 3.8) is 0 Å². The van der Waals surface area contributed by atoms with Gasteiger partial charge < -0.3 is 9.67 Å². The van der Waals surface area contributed by atoms with Gasteiger partial charge >= 0.3 is 0 Å². The summed E-state index contributed by atoms with van der Waals surface area (Å²) in [6.45, 7) is 0.670. The lowest BCUT2D eigenvalue weighted by molar-refractivity contribution is -0.118. The lowest BCUT2D eigenvalue weighted by atomic mass is 10.0. The summed E-state index contributed by atoms with van der Waals surface area (Å²) in [6, 6.07) is 29.3. The molecule has 0 aliphatic heterocycles. The Morgan fingerprint density at radius 1 is 0.971 bits per heavy atom. The summed E-state index contributed by atoms with van der Waals surface area (Å²) >= 11 is 1.37. The number of phenolic OH excluding ortho intramolecular Hbond substituents is 1. The van der Waals surface area contributed by atoms with Crippen molar-refractivity contribution in [2.45, 2.75) is 11.7 Å². The monoisotopic (exact) mass is 466 g/mol. The highest BCUT2D eigenvalue weighted by Crippen LogP contribution is 2.26. The zero-order valence-electron chi connectivity index (χ0n) is 18.3. The van der Waals surface area contributed by atoms with Gasteiger partial charge in [0.15, 0.2) is 5.16 Å². The first-order chi connectivity index (χ1) is 16.7. The van der Waals surface area contributed by atoms with Crippen LogP contribution < -0.4 is 5.43 Å². The average molecular weight is 467 g/mol. The van der Waals surface area contributed by atoms with Crippen LogP contribution in [0.2, 0.25) is 0 Å². The molecule has 0 spiro atoms. The molecule has 0 unspecified atom stereocenters. The minimum absolute atomic E-state index is 0.112. The number of hydrogen-bond acceptors (Lipinski definition) is 5. The van der Waals surface area contributed by atoms with Crippen LogP contribution in [0.15, 0.2) is 101 Å². The Morgan fingerprint density at radius 2 is 1.74 bits per heavy atom. The first-order valence-corrected chi connectivity index (χ1v) is 11.8. The zero-order chi connectivity index (χ0) is 23.3. The molecule has 7 heteroatoms. The van der Waals surface area contributed by atoms with E-state index in [-0.39, 0.29) is 17.4 Å². The number of aromatic nitrogens is 2. The first kappa shape index (κ1) is 21.7. The molecule has 0 saturated heterocycles. The number of amides is 1. The predicted molar refractivity (Wildman–Crippen MR) is 137 cm³/mol. The zero-order valence-corrected chi connectivity index (χ0v) is 19.1. The third-order valence-electron chi connectivity index (χ3n) is 5.47. The molecule has 0 fully saturated rings. The number of hydrogen-bond donors (Lipinski definition) is 2. The topological polar surface area (TPSA) is 79.5 Å². The van der Waals surface area contributed by atoms with Crippen LogP contribution in [0, 0.1) is 0 Å². The smallest absolute Gasteiger partial charge is 0.250 e. The summed E-state index contributed by atoms with van der Waals surface area (Å²) in [6.07, 6.45) is 1.48. The number of phenols is 1. The highest BCUT2D eigenvalue weighted by atomic mass is 32.2. The molecule has 1 heterocycles. The van der Waals surface area contributed by atoms with Crippen molar-refractivity contribution >= 4 is 45.7 Å². The predicted octanol–water partition coefficient (Wildman–Crippen LogP) is 5.19. The van der Waals surface area contributed by atoms with Gasteiger partial charge in [0.2, 0.25) is 0 Å². The number of thioether (sulfide) groups is 1. The molecule has 0 bridgehead atoms. The molecule has 6 nitrogen and oxygen atoms in total. The Kier molecular flexibility index (Phi) is 6.27. The molecule has 5 rings (SSSR count). The number of carbonyl (C=O) groups excluding carboxylic acids is 1. The van der Waals surface area contributed by atoms with Gasteiger partial charge in [-0.05, 0) is 34.5 Å². The van der Waals surface area contributed by atoms with Crippen molar-refractivity contribution in [2.75, 3.05) is 5.75 Å². The standard InChI is InChI=1S/C27H22N4O2S/c32-25-15-14-20-10-4-5-11-21(20)22(25)16-28-30-26(33)18-34-27-29-23-12-6-7-13-24(23)31(27)17-19-8-2-1-3-9-19/h1-16,32H,17-18H2,(H,30,33)/b28-16+. The number of nitrogens with one attached hydrogen (secondary N) is 1. The highest BCUT2D eigenvalue weighted by Gasteiger charge is 2.13. The maximum atomic E-state index is 12.5. The number of nitrogens with zero attached hydrogens (tertiary/aromatic N) is 3. The number of benzene rings is 4. The SMILES string of the molecule is O=C(CSc1nc2ccccc2n1Cc1ccccc1)N/N=C/c1c(O)ccc2ccccc12.